The lowest BCUT2D eigenvalue weighted by Gasteiger charge is -2.26. The van der Waals surface area contributed by atoms with Crippen molar-refractivity contribution < 1.29 is 34.2 Å². The van der Waals surface area contributed by atoms with Gasteiger partial charge in [0.15, 0.2) is 6.04 Å². The van der Waals surface area contributed by atoms with E-state index in [4.69, 9.17) is 11.5 Å². The SMILES string of the molecule is CC(C)CC(NC(=O)C(Cc1cnc[nH]1)NC(=O)C(N)CCC(N)=O)C(=O)NC(C(=O)O)C(C)O. The molecule has 0 aliphatic rings. The molecule has 4 amide bonds. The van der Waals surface area contributed by atoms with Crippen LogP contribution in [-0.4, -0.2) is 80.1 Å². The molecule has 5 unspecified atom stereocenters. The lowest BCUT2D eigenvalue weighted by molar-refractivity contribution is -0.145. The first-order chi connectivity index (χ1) is 16.3. The van der Waals surface area contributed by atoms with Crippen molar-refractivity contribution in [3.8, 4) is 0 Å². The van der Waals surface area contributed by atoms with Crippen LogP contribution in [0.15, 0.2) is 12.5 Å². The Bertz CT molecular complexity index is 873. The minimum atomic E-state index is -1.57. The summed E-state index contributed by atoms with van der Waals surface area (Å²) in [5, 5.41) is 26.2. The zero-order valence-corrected chi connectivity index (χ0v) is 20.0. The van der Waals surface area contributed by atoms with Gasteiger partial charge in [0, 0.05) is 24.7 Å². The fraction of sp³-hybridized carbons (Fsp3) is 0.619. The first-order valence-corrected chi connectivity index (χ1v) is 11.1. The molecule has 0 aliphatic heterocycles. The minimum absolute atomic E-state index is 0.0123. The number of aliphatic carboxylic acids is 1. The van der Waals surface area contributed by atoms with Crippen LogP contribution >= 0.6 is 0 Å². The maximum Gasteiger partial charge on any atom is 0.328 e. The number of nitrogens with two attached hydrogens (primary N) is 2. The molecule has 1 heterocycles. The third kappa shape index (κ3) is 10.5. The molecule has 0 saturated carbocycles. The van der Waals surface area contributed by atoms with Crippen LogP contribution in [0.3, 0.4) is 0 Å². The van der Waals surface area contributed by atoms with E-state index < -0.39 is 59.9 Å². The summed E-state index contributed by atoms with van der Waals surface area (Å²) in [4.78, 5) is 67.4. The molecule has 1 aromatic heterocycles. The van der Waals surface area contributed by atoms with Crippen molar-refractivity contribution in [3.63, 3.8) is 0 Å². The van der Waals surface area contributed by atoms with Gasteiger partial charge in [0.05, 0.1) is 18.5 Å². The van der Waals surface area contributed by atoms with E-state index >= 15 is 0 Å². The molecule has 0 fully saturated rings. The van der Waals surface area contributed by atoms with E-state index in [9.17, 15) is 34.2 Å². The Morgan fingerprint density at radius 2 is 1.63 bits per heavy atom. The predicted octanol–water partition coefficient (Wildman–Crippen LogP) is -2.49. The average molecular weight is 498 g/mol. The summed E-state index contributed by atoms with van der Waals surface area (Å²) >= 11 is 0. The number of aliphatic hydroxyl groups excluding tert-OH is 1. The van der Waals surface area contributed by atoms with E-state index in [1.54, 1.807) is 13.8 Å². The highest BCUT2D eigenvalue weighted by atomic mass is 16.4. The number of H-pyrrole nitrogens is 1. The number of nitrogens with one attached hydrogen (secondary N) is 4. The number of nitrogens with zero attached hydrogens (tertiary/aromatic N) is 1. The number of amides is 4. The van der Waals surface area contributed by atoms with E-state index in [0.29, 0.717) is 5.69 Å². The molecular formula is C21H35N7O7. The number of carbonyl (C=O) groups excluding carboxylic acids is 4. The molecule has 0 aliphatic carbocycles. The number of primary amides is 1. The third-order valence-electron chi connectivity index (χ3n) is 5.04. The molecule has 0 saturated heterocycles. The van der Waals surface area contributed by atoms with Crippen molar-refractivity contribution in [1.29, 1.82) is 0 Å². The van der Waals surface area contributed by atoms with Crippen molar-refractivity contribution in [2.75, 3.05) is 0 Å². The van der Waals surface area contributed by atoms with Crippen molar-refractivity contribution in [2.24, 2.45) is 17.4 Å². The van der Waals surface area contributed by atoms with E-state index in [1.807, 2.05) is 0 Å². The van der Waals surface area contributed by atoms with Gasteiger partial charge in [-0.25, -0.2) is 9.78 Å². The molecule has 0 spiro atoms. The van der Waals surface area contributed by atoms with Crippen molar-refractivity contribution in [1.82, 2.24) is 25.9 Å². The largest absolute Gasteiger partial charge is 0.480 e. The normalized spacial score (nSPS) is 15.4. The lowest BCUT2D eigenvalue weighted by atomic mass is 10.0. The van der Waals surface area contributed by atoms with Crippen LogP contribution in [0, 0.1) is 5.92 Å². The van der Waals surface area contributed by atoms with Crippen LogP contribution in [0.25, 0.3) is 0 Å². The number of rotatable bonds is 15. The number of carbonyl (C=O) groups is 5. The highest BCUT2D eigenvalue weighted by Crippen LogP contribution is 2.08. The number of aromatic nitrogens is 2. The zero-order valence-electron chi connectivity index (χ0n) is 20.0. The number of aromatic amines is 1. The molecule has 1 aromatic rings. The van der Waals surface area contributed by atoms with Gasteiger partial charge in [-0.1, -0.05) is 13.8 Å². The van der Waals surface area contributed by atoms with Crippen LogP contribution in [-0.2, 0) is 30.4 Å². The summed E-state index contributed by atoms with van der Waals surface area (Å²) in [5.74, 6) is -4.35. The summed E-state index contributed by atoms with van der Waals surface area (Å²) in [7, 11) is 0. The summed E-state index contributed by atoms with van der Waals surface area (Å²) in [6, 6.07) is -4.99. The van der Waals surface area contributed by atoms with Crippen molar-refractivity contribution >= 4 is 29.6 Å². The number of carboxylic acids is 1. The molecule has 14 nitrogen and oxygen atoms in total. The smallest absolute Gasteiger partial charge is 0.328 e. The standard InChI is InChI=1S/C21H35N7O7/c1-10(2)6-14(20(33)28-17(11(3)29)21(34)35)27-19(32)15(7-12-8-24-9-25-12)26-18(31)13(22)4-5-16(23)30/h8-11,13-15,17,29H,4-7,22H2,1-3H3,(H2,23,30)(H,24,25)(H,26,31)(H,27,32)(H,28,33)(H,34,35). The maximum absolute atomic E-state index is 13.1. The second kappa shape index (κ2) is 14.0. The summed E-state index contributed by atoms with van der Waals surface area (Å²) in [5.41, 5.74) is 11.4. The van der Waals surface area contributed by atoms with Crippen LogP contribution in [0.5, 0.6) is 0 Å². The van der Waals surface area contributed by atoms with E-state index in [1.165, 1.54) is 19.4 Å². The van der Waals surface area contributed by atoms with Gasteiger partial charge in [-0.15, -0.1) is 0 Å². The highest BCUT2D eigenvalue weighted by molar-refractivity contribution is 5.94. The van der Waals surface area contributed by atoms with Crippen LogP contribution in [0.1, 0.15) is 45.7 Å². The van der Waals surface area contributed by atoms with Gasteiger partial charge in [0.25, 0.3) is 0 Å². The van der Waals surface area contributed by atoms with Gasteiger partial charge in [0.1, 0.15) is 12.1 Å². The lowest BCUT2D eigenvalue weighted by Crippen LogP contribution is -2.59. The number of aliphatic hydroxyl groups is 1. The number of carboxylic acid groups (broad SMARTS) is 1. The van der Waals surface area contributed by atoms with Crippen molar-refractivity contribution in [3.05, 3.63) is 18.2 Å². The first-order valence-electron chi connectivity index (χ1n) is 11.1. The molecule has 0 bridgehead atoms. The fourth-order valence-corrected chi connectivity index (χ4v) is 3.15. The minimum Gasteiger partial charge on any atom is -0.480 e. The van der Waals surface area contributed by atoms with Gasteiger partial charge in [-0.3, -0.25) is 19.2 Å². The van der Waals surface area contributed by atoms with Crippen LogP contribution in [0.4, 0.5) is 0 Å². The van der Waals surface area contributed by atoms with Crippen molar-refractivity contribution in [2.45, 2.75) is 76.7 Å². The molecule has 0 aromatic carbocycles. The summed E-state index contributed by atoms with van der Waals surface area (Å²) < 4.78 is 0. The Balaban J connectivity index is 3.04. The molecule has 1 rings (SSSR count). The van der Waals surface area contributed by atoms with Gasteiger partial charge < -0.3 is 42.6 Å². The van der Waals surface area contributed by atoms with E-state index in [-0.39, 0.29) is 31.6 Å². The second-order valence-electron chi connectivity index (χ2n) is 8.71. The highest BCUT2D eigenvalue weighted by Gasteiger charge is 2.32. The van der Waals surface area contributed by atoms with Gasteiger partial charge in [-0.2, -0.15) is 0 Å². The maximum atomic E-state index is 13.1. The summed E-state index contributed by atoms with van der Waals surface area (Å²) in [6.07, 6.45) is 1.49. The predicted molar refractivity (Wildman–Crippen MR) is 123 cm³/mol. The summed E-state index contributed by atoms with van der Waals surface area (Å²) in [6.45, 7) is 4.82. The topological polar surface area (TPSA) is 243 Å². The zero-order chi connectivity index (χ0) is 26.7. The van der Waals surface area contributed by atoms with Crippen LogP contribution in [0.2, 0.25) is 0 Å². The second-order valence-corrected chi connectivity index (χ2v) is 8.71. The number of imidazole rings is 1. The number of hydrogen-bond donors (Lipinski definition) is 8. The quantitative estimate of drug-likeness (QED) is 0.128. The molecule has 5 atom stereocenters. The molecular weight excluding hydrogens is 462 g/mol. The monoisotopic (exact) mass is 497 g/mol. The molecule has 10 N–H and O–H groups in total. The van der Waals surface area contributed by atoms with E-state index in [0.717, 1.165) is 0 Å². The Labute approximate surface area is 202 Å². The molecule has 196 valence electrons. The Morgan fingerprint density at radius 3 is 2.11 bits per heavy atom. The molecule has 14 heteroatoms. The van der Waals surface area contributed by atoms with E-state index in [2.05, 4.69) is 25.9 Å². The van der Waals surface area contributed by atoms with Gasteiger partial charge in [-0.05, 0) is 25.7 Å². The Morgan fingerprint density at radius 1 is 1.03 bits per heavy atom. The molecule has 35 heavy (non-hydrogen) atoms. The fourth-order valence-electron chi connectivity index (χ4n) is 3.15. The van der Waals surface area contributed by atoms with Gasteiger partial charge >= 0.3 is 5.97 Å². The third-order valence-corrected chi connectivity index (χ3v) is 5.04. The Kier molecular flexibility index (Phi) is 11.8. The van der Waals surface area contributed by atoms with Crippen LogP contribution < -0.4 is 27.4 Å². The first kappa shape index (κ1) is 29.5. The molecule has 0 radical (unpaired) electrons. The average Bonchev–Trinajstić information content (AvgIpc) is 3.26. The van der Waals surface area contributed by atoms with Gasteiger partial charge in [0.2, 0.25) is 23.6 Å². The Hall–Kier alpha value is -3.52. The number of hydrogen-bond acceptors (Lipinski definition) is 8.